The van der Waals surface area contributed by atoms with E-state index in [1.165, 1.54) is 31.0 Å². The van der Waals surface area contributed by atoms with Gasteiger partial charge < -0.3 is 4.74 Å². The first-order valence-corrected chi connectivity index (χ1v) is 7.42. The van der Waals surface area contributed by atoms with Crippen LogP contribution in [-0.4, -0.2) is 18.0 Å². The van der Waals surface area contributed by atoms with Gasteiger partial charge in [-0.15, -0.1) is 0 Å². The van der Waals surface area contributed by atoms with Crippen LogP contribution in [0.3, 0.4) is 0 Å². The highest BCUT2D eigenvalue weighted by Gasteiger charge is 2.11. The lowest BCUT2D eigenvalue weighted by atomic mass is 10.2. The largest absolute Gasteiger partial charge is 0.465 e. The summed E-state index contributed by atoms with van der Waals surface area (Å²) in [6.07, 6.45) is 0. The summed E-state index contributed by atoms with van der Waals surface area (Å²) in [6, 6.07) is 11.5. The number of hydrogen-bond acceptors (Lipinski definition) is 5. The SMILES string of the molecule is COC(=O)c1ccc(Sc2ccc([N+](=O)[O-])cc2Br)cc1. The van der Waals surface area contributed by atoms with Crippen LogP contribution < -0.4 is 0 Å². The molecule has 0 heterocycles. The van der Waals surface area contributed by atoms with Gasteiger partial charge in [-0.3, -0.25) is 10.1 Å². The fraction of sp³-hybridized carbons (Fsp3) is 0.0714. The quantitative estimate of drug-likeness (QED) is 0.457. The monoisotopic (exact) mass is 367 g/mol. The summed E-state index contributed by atoms with van der Waals surface area (Å²) in [7, 11) is 1.33. The summed E-state index contributed by atoms with van der Waals surface area (Å²) in [6.45, 7) is 0. The third kappa shape index (κ3) is 3.83. The van der Waals surface area contributed by atoms with Gasteiger partial charge in [-0.1, -0.05) is 11.8 Å². The molecular weight excluding hydrogens is 358 g/mol. The van der Waals surface area contributed by atoms with Crippen molar-refractivity contribution in [3.63, 3.8) is 0 Å². The van der Waals surface area contributed by atoms with Crippen LogP contribution in [0, 0.1) is 10.1 Å². The van der Waals surface area contributed by atoms with Crippen LogP contribution >= 0.6 is 27.7 Å². The smallest absolute Gasteiger partial charge is 0.337 e. The zero-order valence-corrected chi connectivity index (χ0v) is 13.3. The fourth-order valence-electron chi connectivity index (χ4n) is 1.59. The molecular formula is C14H10BrNO4S. The molecule has 0 saturated carbocycles. The minimum atomic E-state index is -0.440. The summed E-state index contributed by atoms with van der Waals surface area (Å²) in [5, 5.41) is 10.7. The highest BCUT2D eigenvalue weighted by atomic mass is 79.9. The van der Waals surface area contributed by atoms with E-state index >= 15 is 0 Å². The van der Waals surface area contributed by atoms with E-state index in [1.54, 1.807) is 30.3 Å². The Bertz CT molecular complexity index is 688. The molecule has 0 fully saturated rings. The van der Waals surface area contributed by atoms with Gasteiger partial charge in [0.1, 0.15) is 0 Å². The molecule has 0 saturated heterocycles. The summed E-state index contributed by atoms with van der Waals surface area (Å²) in [5.41, 5.74) is 0.511. The topological polar surface area (TPSA) is 69.4 Å². The molecule has 0 amide bonds. The van der Waals surface area contributed by atoms with Crippen molar-refractivity contribution in [1.29, 1.82) is 0 Å². The highest BCUT2D eigenvalue weighted by molar-refractivity contribution is 9.10. The summed E-state index contributed by atoms with van der Waals surface area (Å²) in [5.74, 6) is -0.386. The summed E-state index contributed by atoms with van der Waals surface area (Å²) >= 11 is 4.76. The van der Waals surface area contributed by atoms with Gasteiger partial charge in [-0.2, -0.15) is 0 Å². The van der Waals surface area contributed by atoms with E-state index in [4.69, 9.17) is 0 Å². The van der Waals surface area contributed by atoms with Gasteiger partial charge in [0, 0.05) is 26.4 Å². The fourth-order valence-corrected chi connectivity index (χ4v) is 3.02. The Balaban J connectivity index is 2.18. The van der Waals surface area contributed by atoms with Gasteiger partial charge in [0.25, 0.3) is 5.69 Å². The Labute approximate surface area is 133 Å². The van der Waals surface area contributed by atoms with Crippen molar-refractivity contribution in [3.8, 4) is 0 Å². The molecule has 0 unspecified atom stereocenters. The molecule has 0 bridgehead atoms. The van der Waals surface area contributed by atoms with E-state index in [9.17, 15) is 14.9 Å². The third-order valence-corrected chi connectivity index (χ3v) is 4.63. The minimum absolute atomic E-state index is 0.0345. The first kappa shape index (κ1) is 15.5. The van der Waals surface area contributed by atoms with Crippen molar-refractivity contribution < 1.29 is 14.5 Å². The van der Waals surface area contributed by atoms with Crippen LogP contribution in [0.2, 0.25) is 0 Å². The average Bonchev–Trinajstić information content (AvgIpc) is 2.49. The molecule has 7 heteroatoms. The van der Waals surface area contributed by atoms with E-state index in [2.05, 4.69) is 20.7 Å². The number of carbonyl (C=O) groups excluding carboxylic acids is 1. The predicted molar refractivity (Wildman–Crippen MR) is 82.7 cm³/mol. The summed E-state index contributed by atoms with van der Waals surface area (Å²) < 4.78 is 5.28. The number of methoxy groups -OCH3 is 1. The molecule has 2 aromatic carbocycles. The van der Waals surface area contributed by atoms with Gasteiger partial charge in [0.15, 0.2) is 0 Å². The van der Waals surface area contributed by atoms with Crippen molar-refractivity contribution in [2.75, 3.05) is 7.11 Å². The summed E-state index contributed by atoms with van der Waals surface area (Å²) in [4.78, 5) is 23.4. The maximum absolute atomic E-state index is 11.3. The van der Waals surface area contributed by atoms with Gasteiger partial charge in [-0.25, -0.2) is 4.79 Å². The van der Waals surface area contributed by atoms with Crippen LogP contribution in [0.5, 0.6) is 0 Å². The Morgan fingerprint density at radius 1 is 1.24 bits per heavy atom. The molecule has 0 aliphatic carbocycles. The predicted octanol–water partition coefficient (Wildman–Crippen LogP) is 4.30. The normalized spacial score (nSPS) is 10.2. The molecule has 0 radical (unpaired) electrons. The maximum Gasteiger partial charge on any atom is 0.337 e. The van der Waals surface area contributed by atoms with E-state index in [-0.39, 0.29) is 11.7 Å². The molecule has 108 valence electrons. The number of non-ortho nitro benzene ring substituents is 1. The first-order chi connectivity index (χ1) is 10.0. The van der Waals surface area contributed by atoms with Crippen molar-refractivity contribution in [3.05, 3.63) is 62.6 Å². The van der Waals surface area contributed by atoms with Gasteiger partial charge >= 0.3 is 5.97 Å². The molecule has 0 atom stereocenters. The second-order valence-corrected chi connectivity index (χ2v) is 5.96. The van der Waals surface area contributed by atoms with E-state index in [0.29, 0.717) is 10.0 Å². The first-order valence-electron chi connectivity index (χ1n) is 5.81. The van der Waals surface area contributed by atoms with Crippen molar-refractivity contribution >= 4 is 39.3 Å². The number of carbonyl (C=O) groups is 1. The second kappa shape index (κ2) is 6.73. The van der Waals surface area contributed by atoms with Gasteiger partial charge in [-0.05, 0) is 46.3 Å². The maximum atomic E-state index is 11.3. The standard InChI is InChI=1S/C14H10BrNO4S/c1-20-14(17)9-2-5-11(6-3-9)21-13-7-4-10(16(18)19)8-12(13)15/h2-8H,1H3. The molecule has 2 rings (SSSR count). The number of benzene rings is 2. The van der Waals surface area contributed by atoms with Crippen LogP contribution in [0.4, 0.5) is 5.69 Å². The zero-order valence-electron chi connectivity index (χ0n) is 10.9. The van der Waals surface area contributed by atoms with Crippen molar-refractivity contribution in [1.82, 2.24) is 0 Å². The number of ether oxygens (including phenoxy) is 1. The molecule has 0 aliphatic heterocycles. The number of rotatable bonds is 4. The minimum Gasteiger partial charge on any atom is -0.465 e. The molecule has 0 aliphatic rings. The van der Waals surface area contributed by atoms with E-state index < -0.39 is 4.92 Å². The van der Waals surface area contributed by atoms with Crippen LogP contribution in [0.15, 0.2) is 56.7 Å². The number of nitro benzene ring substituents is 1. The lowest BCUT2D eigenvalue weighted by molar-refractivity contribution is -0.385. The number of nitrogens with zero attached hydrogens (tertiary/aromatic N) is 1. The molecule has 0 spiro atoms. The van der Waals surface area contributed by atoms with Crippen LogP contribution in [-0.2, 0) is 4.74 Å². The molecule has 21 heavy (non-hydrogen) atoms. The Hall–Kier alpha value is -1.86. The lowest BCUT2D eigenvalue weighted by Crippen LogP contribution is -2.00. The molecule has 0 aromatic heterocycles. The van der Waals surface area contributed by atoms with E-state index in [1.807, 2.05) is 0 Å². The Morgan fingerprint density at radius 3 is 2.43 bits per heavy atom. The third-order valence-electron chi connectivity index (χ3n) is 2.63. The van der Waals surface area contributed by atoms with Crippen LogP contribution in [0.25, 0.3) is 0 Å². The van der Waals surface area contributed by atoms with Crippen LogP contribution in [0.1, 0.15) is 10.4 Å². The second-order valence-electron chi connectivity index (χ2n) is 3.99. The Kier molecular flexibility index (Phi) is 4.98. The molecule has 2 aromatic rings. The zero-order chi connectivity index (χ0) is 15.4. The number of hydrogen-bond donors (Lipinski definition) is 0. The molecule has 0 N–H and O–H groups in total. The number of halogens is 1. The number of esters is 1. The van der Waals surface area contributed by atoms with Gasteiger partial charge in [0.05, 0.1) is 17.6 Å². The lowest BCUT2D eigenvalue weighted by Gasteiger charge is -2.05. The number of nitro groups is 1. The van der Waals surface area contributed by atoms with Gasteiger partial charge in [0.2, 0.25) is 0 Å². The average molecular weight is 368 g/mol. The van der Waals surface area contributed by atoms with Crippen molar-refractivity contribution in [2.45, 2.75) is 9.79 Å². The van der Waals surface area contributed by atoms with E-state index in [0.717, 1.165) is 9.79 Å². The highest BCUT2D eigenvalue weighted by Crippen LogP contribution is 2.35. The molecule has 5 nitrogen and oxygen atoms in total. The Morgan fingerprint density at radius 2 is 1.90 bits per heavy atom. The van der Waals surface area contributed by atoms with Crippen molar-refractivity contribution in [2.24, 2.45) is 0 Å².